The summed E-state index contributed by atoms with van der Waals surface area (Å²) < 4.78 is 5.09. The Morgan fingerprint density at radius 1 is 1.40 bits per heavy atom. The van der Waals surface area contributed by atoms with Crippen molar-refractivity contribution in [1.82, 2.24) is 10.6 Å². The van der Waals surface area contributed by atoms with Gasteiger partial charge in [0.2, 0.25) is 0 Å². The quantitative estimate of drug-likeness (QED) is 0.765. The second kappa shape index (κ2) is 4.68. The minimum atomic E-state index is 0.788. The highest BCUT2D eigenvalue weighted by Crippen LogP contribution is 2.10. The van der Waals surface area contributed by atoms with Gasteiger partial charge in [0.15, 0.2) is 5.96 Å². The van der Waals surface area contributed by atoms with E-state index in [0.29, 0.717) is 0 Å². The molecule has 4 heteroatoms. The van der Waals surface area contributed by atoms with Gasteiger partial charge in [-0.15, -0.1) is 0 Å². The van der Waals surface area contributed by atoms with E-state index in [-0.39, 0.29) is 0 Å². The SMILES string of the molecule is COc1ccc(CNC2=NCCN2)cc1. The molecule has 80 valence electrons. The van der Waals surface area contributed by atoms with Gasteiger partial charge in [-0.2, -0.15) is 0 Å². The molecule has 1 aromatic carbocycles. The lowest BCUT2D eigenvalue weighted by molar-refractivity contribution is 0.414. The van der Waals surface area contributed by atoms with Crippen LogP contribution in [0, 0.1) is 0 Å². The fraction of sp³-hybridized carbons (Fsp3) is 0.364. The monoisotopic (exact) mass is 205 g/mol. The van der Waals surface area contributed by atoms with Crippen molar-refractivity contribution in [2.75, 3.05) is 20.2 Å². The lowest BCUT2D eigenvalue weighted by atomic mass is 10.2. The molecule has 0 spiro atoms. The van der Waals surface area contributed by atoms with E-state index in [2.05, 4.69) is 15.6 Å². The molecular formula is C11H15N3O. The molecule has 0 saturated carbocycles. The van der Waals surface area contributed by atoms with Gasteiger partial charge in [-0.1, -0.05) is 12.1 Å². The van der Waals surface area contributed by atoms with Crippen LogP contribution >= 0.6 is 0 Å². The third kappa shape index (κ3) is 2.62. The number of rotatable bonds is 3. The molecule has 2 rings (SSSR count). The van der Waals surface area contributed by atoms with Crippen LogP contribution in [0.5, 0.6) is 5.75 Å². The molecule has 0 bridgehead atoms. The maximum Gasteiger partial charge on any atom is 0.191 e. The smallest absolute Gasteiger partial charge is 0.191 e. The average Bonchev–Trinajstić information content (AvgIpc) is 2.80. The highest BCUT2D eigenvalue weighted by molar-refractivity contribution is 5.81. The van der Waals surface area contributed by atoms with E-state index >= 15 is 0 Å². The Hall–Kier alpha value is -1.71. The summed E-state index contributed by atoms with van der Waals surface area (Å²) in [6.07, 6.45) is 0. The summed E-state index contributed by atoms with van der Waals surface area (Å²) >= 11 is 0. The first-order chi connectivity index (χ1) is 7.38. The molecule has 2 N–H and O–H groups in total. The van der Waals surface area contributed by atoms with Crippen LogP contribution in [0.15, 0.2) is 29.3 Å². The Bertz CT molecular complexity index is 345. The van der Waals surface area contributed by atoms with E-state index < -0.39 is 0 Å². The van der Waals surface area contributed by atoms with Crippen molar-refractivity contribution in [3.05, 3.63) is 29.8 Å². The molecule has 0 atom stereocenters. The minimum absolute atomic E-state index is 0.788. The first-order valence-corrected chi connectivity index (χ1v) is 5.03. The molecule has 0 unspecified atom stereocenters. The van der Waals surface area contributed by atoms with Gasteiger partial charge in [-0.3, -0.25) is 4.99 Å². The standard InChI is InChI=1S/C11H15N3O/c1-15-10-4-2-9(3-5-10)8-14-11-12-6-7-13-11/h2-5H,6-8H2,1H3,(H2,12,13,14). The number of methoxy groups -OCH3 is 1. The minimum Gasteiger partial charge on any atom is -0.497 e. The molecule has 1 aliphatic heterocycles. The Balaban J connectivity index is 1.87. The zero-order valence-corrected chi connectivity index (χ0v) is 8.79. The van der Waals surface area contributed by atoms with Crippen molar-refractivity contribution in [3.63, 3.8) is 0 Å². The van der Waals surface area contributed by atoms with Crippen molar-refractivity contribution in [2.24, 2.45) is 4.99 Å². The summed E-state index contributed by atoms with van der Waals surface area (Å²) in [4.78, 5) is 4.25. The lowest BCUT2D eigenvalue weighted by Gasteiger charge is -2.07. The third-order valence-corrected chi connectivity index (χ3v) is 2.29. The summed E-state index contributed by atoms with van der Waals surface area (Å²) in [6.45, 7) is 2.59. The summed E-state index contributed by atoms with van der Waals surface area (Å²) in [6, 6.07) is 8.00. The van der Waals surface area contributed by atoms with Crippen LogP contribution in [0.3, 0.4) is 0 Å². The molecule has 4 nitrogen and oxygen atoms in total. The fourth-order valence-corrected chi connectivity index (χ4v) is 1.45. The number of nitrogens with one attached hydrogen (secondary N) is 2. The van der Waals surface area contributed by atoms with Gasteiger partial charge >= 0.3 is 0 Å². The van der Waals surface area contributed by atoms with Gasteiger partial charge in [0.05, 0.1) is 13.7 Å². The maximum absolute atomic E-state index is 5.09. The zero-order chi connectivity index (χ0) is 10.5. The molecule has 1 heterocycles. The molecule has 0 aromatic heterocycles. The van der Waals surface area contributed by atoms with Crippen LogP contribution in [-0.2, 0) is 6.54 Å². The van der Waals surface area contributed by atoms with Crippen LogP contribution in [0.2, 0.25) is 0 Å². The molecule has 0 amide bonds. The first kappa shape index (κ1) is 9.83. The Morgan fingerprint density at radius 3 is 2.80 bits per heavy atom. The molecule has 0 saturated heterocycles. The van der Waals surface area contributed by atoms with E-state index in [1.54, 1.807) is 7.11 Å². The highest BCUT2D eigenvalue weighted by Gasteiger charge is 2.03. The van der Waals surface area contributed by atoms with Crippen molar-refractivity contribution in [1.29, 1.82) is 0 Å². The zero-order valence-electron chi connectivity index (χ0n) is 8.79. The molecule has 0 aliphatic carbocycles. The normalized spacial score (nSPS) is 14.3. The van der Waals surface area contributed by atoms with Gasteiger partial charge in [0.1, 0.15) is 5.75 Å². The van der Waals surface area contributed by atoms with Crippen LogP contribution in [-0.4, -0.2) is 26.2 Å². The molecule has 0 fully saturated rings. The Kier molecular flexibility index (Phi) is 3.07. The Labute approximate surface area is 89.4 Å². The van der Waals surface area contributed by atoms with Crippen molar-refractivity contribution < 1.29 is 4.74 Å². The average molecular weight is 205 g/mol. The predicted octanol–water partition coefficient (Wildman–Crippen LogP) is 0.744. The van der Waals surface area contributed by atoms with Gasteiger partial charge in [0, 0.05) is 13.1 Å². The highest BCUT2D eigenvalue weighted by atomic mass is 16.5. The topological polar surface area (TPSA) is 45.6 Å². The summed E-state index contributed by atoms with van der Waals surface area (Å²) in [5.74, 6) is 1.78. The van der Waals surface area contributed by atoms with Crippen LogP contribution < -0.4 is 15.4 Å². The van der Waals surface area contributed by atoms with Gasteiger partial charge in [-0.25, -0.2) is 0 Å². The second-order valence-corrected chi connectivity index (χ2v) is 3.36. The Morgan fingerprint density at radius 2 is 2.20 bits per heavy atom. The number of benzene rings is 1. The first-order valence-electron chi connectivity index (χ1n) is 5.03. The molecule has 1 aromatic rings. The van der Waals surface area contributed by atoms with Crippen molar-refractivity contribution in [2.45, 2.75) is 6.54 Å². The van der Waals surface area contributed by atoms with E-state index in [1.807, 2.05) is 24.3 Å². The fourth-order valence-electron chi connectivity index (χ4n) is 1.45. The number of aliphatic imine (C=N–C) groups is 1. The lowest BCUT2D eigenvalue weighted by Crippen LogP contribution is -2.33. The number of hydrogen-bond acceptors (Lipinski definition) is 4. The van der Waals surface area contributed by atoms with Gasteiger partial charge in [-0.05, 0) is 17.7 Å². The number of guanidine groups is 1. The molecule has 15 heavy (non-hydrogen) atoms. The van der Waals surface area contributed by atoms with Crippen LogP contribution in [0.1, 0.15) is 5.56 Å². The maximum atomic E-state index is 5.09. The van der Waals surface area contributed by atoms with E-state index in [0.717, 1.165) is 31.3 Å². The van der Waals surface area contributed by atoms with Gasteiger partial charge in [0.25, 0.3) is 0 Å². The number of nitrogens with zero attached hydrogens (tertiary/aromatic N) is 1. The number of ether oxygens (including phenoxy) is 1. The third-order valence-electron chi connectivity index (χ3n) is 2.29. The number of hydrogen-bond donors (Lipinski definition) is 2. The predicted molar refractivity (Wildman–Crippen MR) is 60.1 cm³/mol. The van der Waals surface area contributed by atoms with Gasteiger partial charge < -0.3 is 15.4 Å². The second-order valence-electron chi connectivity index (χ2n) is 3.36. The molecule has 0 radical (unpaired) electrons. The van der Waals surface area contributed by atoms with E-state index in [9.17, 15) is 0 Å². The van der Waals surface area contributed by atoms with Crippen molar-refractivity contribution >= 4 is 5.96 Å². The summed E-state index contributed by atoms with van der Waals surface area (Å²) in [7, 11) is 1.67. The summed E-state index contributed by atoms with van der Waals surface area (Å²) in [5.41, 5.74) is 1.22. The molecule has 1 aliphatic rings. The largest absolute Gasteiger partial charge is 0.497 e. The van der Waals surface area contributed by atoms with Crippen molar-refractivity contribution in [3.8, 4) is 5.75 Å². The van der Waals surface area contributed by atoms with E-state index in [1.165, 1.54) is 5.56 Å². The summed E-state index contributed by atoms with van der Waals surface area (Å²) in [5, 5.41) is 6.40. The van der Waals surface area contributed by atoms with Crippen LogP contribution in [0.25, 0.3) is 0 Å². The molecular weight excluding hydrogens is 190 g/mol. The van der Waals surface area contributed by atoms with Crippen LogP contribution in [0.4, 0.5) is 0 Å². The van der Waals surface area contributed by atoms with E-state index in [4.69, 9.17) is 4.74 Å².